The summed E-state index contributed by atoms with van der Waals surface area (Å²) in [6.07, 6.45) is 0. The molecule has 1 heteroatoms. The fraction of sp³-hybridized carbons (Fsp3) is 0.455. The Morgan fingerprint density at radius 2 is 1.50 bits per heavy atom. The van der Waals surface area contributed by atoms with E-state index in [-0.39, 0.29) is 0 Å². The molecular weight excluding hydrogens is 212 g/mol. The highest BCUT2D eigenvalue weighted by Gasteiger charge is 2.04. The third-order valence-electron chi connectivity index (χ3n) is 2.41. The monoisotopic (exact) mass is 226 g/mol. The Kier molecular flexibility index (Phi) is 2.94. The Morgan fingerprint density at radius 3 is 1.83 bits per heavy atom. The molecule has 0 aliphatic heterocycles. The van der Waals surface area contributed by atoms with Crippen LogP contribution in [0.15, 0.2) is 12.1 Å². The molecule has 1 unspecified atom stereocenters. The first-order valence-corrected chi connectivity index (χ1v) is 5.15. The molecule has 1 atom stereocenters. The van der Waals surface area contributed by atoms with Crippen molar-refractivity contribution in [1.29, 1.82) is 0 Å². The number of hydrogen-bond acceptors (Lipinski definition) is 0. The molecular formula is C11H15Br. The zero-order valence-corrected chi connectivity index (χ0v) is 9.70. The lowest BCUT2D eigenvalue weighted by molar-refractivity contribution is 1.09. The molecule has 0 saturated carbocycles. The quantitative estimate of drug-likeness (QED) is 0.634. The van der Waals surface area contributed by atoms with E-state index in [9.17, 15) is 0 Å². The summed E-state index contributed by atoms with van der Waals surface area (Å²) in [5.41, 5.74) is 5.55. The van der Waals surface area contributed by atoms with Crippen molar-refractivity contribution in [3.8, 4) is 0 Å². The van der Waals surface area contributed by atoms with Crippen LogP contribution in [0.4, 0.5) is 0 Å². The first kappa shape index (κ1) is 9.79. The largest absolute Gasteiger partial charge is 0.0842 e. The molecule has 0 N–H and O–H groups in total. The Balaban J connectivity index is 3.21. The lowest BCUT2D eigenvalue weighted by Crippen LogP contribution is -1.91. The minimum atomic E-state index is 0.454. The molecule has 0 fully saturated rings. The van der Waals surface area contributed by atoms with Crippen molar-refractivity contribution < 1.29 is 0 Å². The van der Waals surface area contributed by atoms with Crippen LogP contribution < -0.4 is 0 Å². The average molecular weight is 227 g/mol. The Bertz CT molecular complexity index is 264. The van der Waals surface area contributed by atoms with Gasteiger partial charge in [-0.1, -0.05) is 28.1 Å². The van der Waals surface area contributed by atoms with Crippen molar-refractivity contribution in [2.24, 2.45) is 0 Å². The van der Waals surface area contributed by atoms with Gasteiger partial charge in [0.1, 0.15) is 0 Å². The third-order valence-corrected chi connectivity index (χ3v) is 2.94. The van der Waals surface area contributed by atoms with Crippen molar-refractivity contribution in [2.45, 2.75) is 32.5 Å². The van der Waals surface area contributed by atoms with Gasteiger partial charge in [0, 0.05) is 4.83 Å². The number of alkyl halides is 1. The van der Waals surface area contributed by atoms with Gasteiger partial charge >= 0.3 is 0 Å². The van der Waals surface area contributed by atoms with Crippen LogP contribution >= 0.6 is 15.9 Å². The van der Waals surface area contributed by atoms with E-state index < -0.39 is 0 Å². The predicted molar refractivity (Wildman–Crippen MR) is 58.0 cm³/mol. The summed E-state index contributed by atoms with van der Waals surface area (Å²) in [7, 11) is 0. The second-order valence-corrected chi connectivity index (χ2v) is 4.77. The van der Waals surface area contributed by atoms with Crippen molar-refractivity contribution in [3.63, 3.8) is 0 Å². The Labute approximate surface area is 83.1 Å². The van der Waals surface area contributed by atoms with Gasteiger partial charge in [0.05, 0.1) is 0 Å². The van der Waals surface area contributed by atoms with Crippen LogP contribution in [0.3, 0.4) is 0 Å². The number of halogens is 1. The van der Waals surface area contributed by atoms with E-state index in [1.54, 1.807) is 0 Å². The van der Waals surface area contributed by atoms with E-state index in [2.05, 4.69) is 55.8 Å². The van der Waals surface area contributed by atoms with Crippen molar-refractivity contribution in [1.82, 2.24) is 0 Å². The maximum absolute atomic E-state index is 3.58. The van der Waals surface area contributed by atoms with Crippen LogP contribution in [-0.4, -0.2) is 0 Å². The molecule has 1 aromatic carbocycles. The second-order valence-electron chi connectivity index (χ2n) is 3.40. The van der Waals surface area contributed by atoms with E-state index in [0.717, 1.165) is 0 Å². The fourth-order valence-corrected chi connectivity index (χ4v) is 1.56. The lowest BCUT2D eigenvalue weighted by atomic mass is 9.99. The van der Waals surface area contributed by atoms with Gasteiger partial charge in [0.15, 0.2) is 0 Å². The van der Waals surface area contributed by atoms with Crippen molar-refractivity contribution in [3.05, 3.63) is 34.4 Å². The van der Waals surface area contributed by atoms with E-state index in [1.807, 2.05) is 0 Å². The first-order valence-electron chi connectivity index (χ1n) is 4.24. The number of aryl methyl sites for hydroxylation is 2. The minimum absolute atomic E-state index is 0.454. The minimum Gasteiger partial charge on any atom is -0.0842 e. The van der Waals surface area contributed by atoms with Crippen molar-refractivity contribution >= 4 is 15.9 Å². The fourth-order valence-electron chi connectivity index (χ4n) is 1.30. The molecule has 66 valence electrons. The van der Waals surface area contributed by atoms with Crippen LogP contribution in [0, 0.1) is 20.8 Å². The lowest BCUT2D eigenvalue weighted by Gasteiger charge is -2.10. The van der Waals surface area contributed by atoms with E-state index >= 15 is 0 Å². The van der Waals surface area contributed by atoms with Crippen LogP contribution in [0.5, 0.6) is 0 Å². The van der Waals surface area contributed by atoms with Gasteiger partial charge in [-0.25, -0.2) is 0 Å². The number of rotatable bonds is 1. The van der Waals surface area contributed by atoms with Gasteiger partial charge in [-0.05, 0) is 49.9 Å². The number of benzene rings is 1. The summed E-state index contributed by atoms with van der Waals surface area (Å²) >= 11 is 3.58. The van der Waals surface area contributed by atoms with E-state index in [1.165, 1.54) is 22.3 Å². The molecule has 1 aromatic rings. The maximum atomic E-state index is 3.58. The molecule has 12 heavy (non-hydrogen) atoms. The Morgan fingerprint density at radius 1 is 1.08 bits per heavy atom. The average Bonchev–Trinajstić information content (AvgIpc) is 1.99. The van der Waals surface area contributed by atoms with Crippen LogP contribution in [0.2, 0.25) is 0 Å². The van der Waals surface area contributed by atoms with Crippen LogP contribution in [0.25, 0.3) is 0 Å². The van der Waals surface area contributed by atoms with E-state index in [0.29, 0.717) is 4.83 Å². The smallest absolute Gasteiger partial charge is 0.0367 e. The second kappa shape index (κ2) is 3.61. The zero-order valence-electron chi connectivity index (χ0n) is 8.11. The summed E-state index contributed by atoms with van der Waals surface area (Å²) in [5, 5.41) is 0. The van der Waals surface area contributed by atoms with Gasteiger partial charge in [-0.3, -0.25) is 0 Å². The normalized spacial score (nSPS) is 13.1. The summed E-state index contributed by atoms with van der Waals surface area (Å²) in [6, 6.07) is 4.50. The van der Waals surface area contributed by atoms with Crippen LogP contribution in [0.1, 0.15) is 34.0 Å². The maximum Gasteiger partial charge on any atom is 0.0367 e. The molecule has 0 aromatic heterocycles. The highest BCUT2D eigenvalue weighted by atomic mass is 79.9. The zero-order chi connectivity index (χ0) is 9.30. The molecule has 0 heterocycles. The van der Waals surface area contributed by atoms with Crippen molar-refractivity contribution in [2.75, 3.05) is 0 Å². The van der Waals surface area contributed by atoms with Gasteiger partial charge in [0.25, 0.3) is 0 Å². The summed E-state index contributed by atoms with van der Waals surface area (Å²) in [4.78, 5) is 0.454. The molecule has 0 nitrogen and oxygen atoms in total. The molecule has 1 rings (SSSR count). The molecule has 0 radical (unpaired) electrons. The van der Waals surface area contributed by atoms with E-state index in [4.69, 9.17) is 0 Å². The molecule has 0 amide bonds. The van der Waals surface area contributed by atoms with Gasteiger partial charge in [-0.15, -0.1) is 0 Å². The van der Waals surface area contributed by atoms with Gasteiger partial charge in [0.2, 0.25) is 0 Å². The highest BCUT2D eigenvalue weighted by molar-refractivity contribution is 9.09. The molecule has 0 spiro atoms. The SMILES string of the molecule is Cc1cc(C(C)Br)cc(C)c1C. The summed E-state index contributed by atoms with van der Waals surface area (Å²) < 4.78 is 0. The predicted octanol–water partition coefficient (Wildman–Crippen LogP) is 4.07. The first-order chi connectivity index (χ1) is 5.52. The standard InChI is InChI=1S/C11H15Br/c1-7-5-11(10(4)12)6-8(2)9(7)3/h5-6,10H,1-4H3. The summed E-state index contributed by atoms with van der Waals surface area (Å²) in [5.74, 6) is 0. The Hall–Kier alpha value is -0.300. The molecule has 0 saturated heterocycles. The third kappa shape index (κ3) is 1.89. The molecule has 0 aliphatic rings. The summed E-state index contributed by atoms with van der Waals surface area (Å²) in [6.45, 7) is 8.67. The molecule has 0 aliphatic carbocycles. The molecule has 0 bridgehead atoms. The van der Waals surface area contributed by atoms with Gasteiger partial charge in [-0.2, -0.15) is 0 Å². The van der Waals surface area contributed by atoms with Gasteiger partial charge < -0.3 is 0 Å². The highest BCUT2D eigenvalue weighted by Crippen LogP contribution is 2.25. The number of hydrogen-bond donors (Lipinski definition) is 0. The topological polar surface area (TPSA) is 0 Å². The van der Waals surface area contributed by atoms with Crippen LogP contribution in [-0.2, 0) is 0 Å².